The monoisotopic (exact) mass is 740 g/mol. The molecule has 0 bridgehead atoms. The Bertz CT molecular complexity index is 2120. The smallest absolute Gasteiger partial charge is 0.412 e. The molecule has 5 heterocycles. The van der Waals surface area contributed by atoms with Gasteiger partial charge in [0.1, 0.15) is 58.0 Å². The normalized spacial score (nSPS) is 23.8. The Morgan fingerprint density at radius 3 is 2.81 bits per heavy atom. The Labute approximate surface area is 301 Å². The third kappa shape index (κ3) is 6.66. The van der Waals surface area contributed by atoms with Gasteiger partial charge in [-0.2, -0.15) is 15.2 Å². The van der Waals surface area contributed by atoms with Gasteiger partial charge in [0, 0.05) is 30.3 Å². The van der Waals surface area contributed by atoms with Gasteiger partial charge in [-0.3, -0.25) is 10.2 Å². The number of benzene rings is 2. The summed E-state index contributed by atoms with van der Waals surface area (Å²) in [4.78, 5) is 25.5. The number of phenols is 1. The van der Waals surface area contributed by atoms with Crippen LogP contribution in [0.15, 0.2) is 18.2 Å². The number of alkyl halides is 1. The number of nitriles is 1. The van der Waals surface area contributed by atoms with E-state index in [1.54, 1.807) is 32.6 Å². The van der Waals surface area contributed by atoms with Crippen molar-refractivity contribution in [3.8, 4) is 29.0 Å². The molecule has 16 heteroatoms. The molecule has 0 aliphatic carbocycles. The number of anilines is 2. The van der Waals surface area contributed by atoms with E-state index < -0.39 is 46.4 Å². The maximum Gasteiger partial charge on any atom is 0.412 e. The van der Waals surface area contributed by atoms with Gasteiger partial charge in [-0.15, -0.1) is 11.3 Å². The van der Waals surface area contributed by atoms with E-state index in [0.717, 1.165) is 36.8 Å². The number of β-amino-alcohol motifs (C(OH)–C–C–N with tert-alkyl or cyclic N) is 1. The van der Waals surface area contributed by atoms with E-state index in [-0.39, 0.29) is 87.4 Å². The fourth-order valence-corrected chi connectivity index (χ4v) is 8.61. The molecule has 1 amide bonds. The number of carbonyl (C=O) groups excluding carboxylic acids is 1. The molecule has 0 saturated carbocycles. The molecular formula is C36H39F3N6O6S. The third-order valence-corrected chi connectivity index (χ3v) is 10.8. The van der Waals surface area contributed by atoms with Crippen LogP contribution in [-0.4, -0.2) is 100 Å². The summed E-state index contributed by atoms with van der Waals surface area (Å²) in [5.74, 6) is -2.11. The zero-order valence-electron chi connectivity index (χ0n) is 29.2. The van der Waals surface area contributed by atoms with Gasteiger partial charge in [0.05, 0.1) is 41.1 Å². The summed E-state index contributed by atoms with van der Waals surface area (Å²) in [5, 5.41) is 35.3. The number of carbonyl (C=O) groups is 1. The number of nitrogens with one attached hydrogen (secondary N) is 1. The number of hydrogen-bond acceptors (Lipinski definition) is 12. The molecule has 7 rings (SSSR count). The molecule has 0 radical (unpaired) electrons. The number of hydrogen-bond donors (Lipinski definition) is 3. The lowest BCUT2D eigenvalue weighted by Gasteiger charge is -2.31. The Kier molecular flexibility index (Phi) is 9.13. The van der Waals surface area contributed by atoms with E-state index in [1.807, 2.05) is 6.07 Å². The summed E-state index contributed by atoms with van der Waals surface area (Å²) in [5.41, 5.74) is -3.48. The molecule has 3 aliphatic rings. The first-order valence-corrected chi connectivity index (χ1v) is 17.9. The van der Waals surface area contributed by atoms with E-state index in [2.05, 4.69) is 20.2 Å². The molecule has 0 spiro atoms. The number of aromatic nitrogens is 2. The van der Waals surface area contributed by atoms with Crippen LogP contribution < -0.4 is 15.0 Å². The molecule has 276 valence electrons. The van der Waals surface area contributed by atoms with Gasteiger partial charge >= 0.3 is 12.1 Å². The molecule has 3 fully saturated rings. The van der Waals surface area contributed by atoms with Crippen molar-refractivity contribution in [2.75, 3.05) is 56.2 Å². The third-order valence-electron chi connectivity index (χ3n) is 9.64. The van der Waals surface area contributed by atoms with Gasteiger partial charge in [-0.05, 0) is 64.8 Å². The predicted molar refractivity (Wildman–Crippen MR) is 189 cm³/mol. The van der Waals surface area contributed by atoms with Crippen LogP contribution >= 0.6 is 11.3 Å². The van der Waals surface area contributed by atoms with Crippen LogP contribution in [0.5, 0.6) is 11.8 Å². The zero-order valence-corrected chi connectivity index (χ0v) is 30.0. The lowest BCUT2D eigenvalue weighted by Crippen LogP contribution is -2.44. The Balaban J connectivity index is 1.38. The van der Waals surface area contributed by atoms with Crippen LogP contribution in [-0.2, 0) is 9.47 Å². The highest BCUT2D eigenvalue weighted by Crippen LogP contribution is 2.47. The van der Waals surface area contributed by atoms with Crippen molar-refractivity contribution in [3.63, 3.8) is 0 Å². The molecule has 52 heavy (non-hydrogen) atoms. The van der Waals surface area contributed by atoms with E-state index in [9.17, 15) is 24.7 Å². The summed E-state index contributed by atoms with van der Waals surface area (Å²) in [6.07, 6.45) is 0.0296. The molecule has 4 aromatic rings. The summed E-state index contributed by atoms with van der Waals surface area (Å²) in [6.45, 7) is 8.30. The van der Waals surface area contributed by atoms with Crippen molar-refractivity contribution in [3.05, 3.63) is 35.4 Å². The Morgan fingerprint density at radius 1 is 1.27 bits per heavy atom. The van der Waals surface area contributed by atoms with Gasteiger partial charge in [-0.1, -0.05) is 6.07 Å². The minimum Gasteiger partial charge on any atom is -0.507 e. The largest absolute Gasteiger partial charge is 0.507 e. The molecule has 1 unspecified atom stereocenters. The van der Waals surface area contributed by atoms with Crippen LogP contribution in [0.25, 0.3) is 32.1 Å². The van der Waals surface area contributed by atoms with Crippen molar-refractivity contribution in [1.29, 1.82) is 5.26 Å². The Hall–Kier alpha value is -4.43. The van der Waals surface area contributed by atoms with Crippen molar-refractivity contribution in [2.45, 2.75) is 69.9 Å². The highest BCUT2D eigenvalue weighted by atomic mass is 32.1. The van der Waals surface area contributed by atoms with Crippen LogP contribution in [0, 0.1) is 23.0 Å². The number of halogens is 3. The van der Waals surface area contributed by atoms with Gasteiger partial charge in [-0.25, -0.2) is 18.0 Å². The van der Waals surface area contributed by atoms with E-state index in [4.69, 9.17) is 14.2 Å². The molecule has 2 aromatic carbocycles. The molecule has 3 aliphatic heterocycles. The predicted octanol–water partition coefficient (Wildman–Crippen LogP) is 6.26. The maximum absolute atomic E-state index is 17.1. The second-order valence-electron chi connectivity index (χ2n) is 15.0. The van der Waals surface area contributed by atoms with Gasteiger partial charge < -0.3 is 29.3 Å². The van der Waals surface area contributed by atoms with Crippen LogP contribution in [0.4, 0.5) is 28.8 Å². The minimum absolute atomic E-state index is 0.0164. The highest BCUT2D eigenvalue weighted by Gasteiger charge is 2.49. The summed E-state index contributed by atoms with van der Waals surface area (Å²) >= 11 is 0.773. The molecule has 3 saturated heterocycles. The van der Waals surface area contributed by atoms with Crippen molar-refractivity contribution >= 4 is 49.2 Å². The number of aromatic hydroxyl groups is 1. The molecule has 2 aromatic heterocycles. The van der Waals surface area contributed by atoms with Crippen molar-refractivity contribution in [2.24, 2.45) is 0 Å². The lowest BCUT2D eigenvalue weighted by atomic mass is 9.95. The second kappa shape index (κ2) is 13.2. The zero-order chi connectivity index (χ0) is 37.2. The van der Waals surface area contributed by atoms with Gasteiger partial charge in [0.25, 0.3) is 0 Å². The SMILES string of the molecule is CC1(O)COCCN(c2nc(OC[C@@]34CCCN3C[C@H](F)C4)nc3c(F)c(-c4ccc(F)c5sc(NC(=O)OC(C)(C)C)c(C#N)c45)c(O)cc23)C1. The highest BCUT2D eigenvalue weighted by molar-refractivity contribution is 7.23. The first-order valence-electron chi connectivity index (χ1n) is 17.0. The number of fused-ring (bicyclic) bond motifs is 3. The van der Waals surface area contributed by atoms with Crippen molar-refractivity contribution in [1.82, 2.24) is 14.9 Å². The van der Waals surface area contributed by atoms with Gasteiger partial charge in [0.15, 0.2) is 5.82 Å². The topological polar surface area (TPSA) is 153 Å². The number of amides is 1. The molecular weight excluding hydrogens is 701 g/mol. The van der Waals surface area contributed by atoms with Crippen LogP contribution in [0.3, 0.4) is 0 Å². The van der Waals surface area contributed by atoms with Crippen LogP contribution in [0.1, 0.15) is 52.5 Å². The molecule has 3 atom stereocenters. The fraction of sp³-hybridized carbons (Fsp3) is 0.500. The number of nitrogens with zero attached hydrogens (tertiary/aromatic N) is 5. The Morgan fingerprint density at radius 2 is 2.06 bits per heavy atom. The quantitative estimate of drug-likeness (QED) is 0.206. The average Bonchev–Trinajstić information content (AvgIpc) is 3.67. The van der Waals surface area contributed by atoms with E-state index in [1.165, 1.54) is 12.1 Å². The van der Waals surface area contributed by atoms with E-state index in [0.29, 0.717) is 13.0 Å². The number of ether oxygens (including phenoxy) is 3. The second-order valence-corrected chi connectivity index (χ2v) is 16.0. The van der Waals surface area contributed by atoms with E-state index >= 15 is 8.78 Å². The maximum atomic E-state index is 17.1. The van der Waals surface area contributed by atoms with Crippen LogP contribution in [0.2, 0.25) is 0 Å². The standard InChI is InChI=1S/C36H39F3N6O6S/c1-34(2,3)51-33(47)43-31-22(14-40)25-20(6-7-23(38)29(25)52-31)26-24(46)12-21-28(27(26)39)41-32(42-30(21)44-10-11-49-17-35(4,48)16-44)50-18-36-8-5-9-45(36)15-19(37)13-36/h6-7,12,19,46,48H,5,8-11,13,15-18H2,1-4H3,(H,43,47)/t19-,35?,36+/m1/s1. The molecule has 12 nitrogen and oxygen atoms in total. The summed E-state index contributed by atoms with van der Waals surface area (Å²) in [6, 6.07) is 5.41. The number of rotatable bonds is 6. The molecule has 3 N–H and O–H groups in total. The first kappa shape index (κ1) is 36.0. The summed E-state index contributed by atoms with van der Waals surface area (Å²) < 4.78 is 64.0. The average molecular weight is 741 g/mol. The minimum atomic E-state index is -1.30. The van der Waals surface area contributed by atoms with Crippen molar-refractivity contribution < 1.29 is 42.4 Å². The number of thiophene rings is 1. The number of phenolic OH excluding ortho intramolecular Hbond substituents is 1. The summed E-state index contributed by atoms with van der Waals surface area (Å²) in [7, 11) is 0. The number of aliphatic hydroxyl groups is 1. The first-order chi connectivity index (χ1) is 24.6. The van der Waals surface area contributed by atoms with Gasteiger partial charge in [0.2, 0.25) is 0 Å². The lowest BCUT2D eigenvalue weighted by molar-refractivity contribution is -0.0123. The fourth-order valence-electron chi connectivity index (χ4n) is 7.54.